The van der Waals surface area contributed by atoms with E-state index in [1.54, 1.807) is 18.2 Å². The molecular formula is C20H24BrN3O3S2. The van der Waals surface area contributed by atoms with Gasteiger partial charge in [0.25, 0.3) is 11.8 Å². The van der Waals surface area contributed by atoms with Crippen molar-refractivity contribution >= 4 is 61.4 Å². The summed E-state index contributed by atoms with van der Waals surface area (Å²) in [5.74, 6) is 0.169. The minimum atomic E-state index is -0.524. The normalized spacial score (nSPS) is 10.7. The van der Waals surface area contributed by atoms with Crippen LogP contribution in [0.4, 0.5) is 5.00 Å². The molecule has 0 radical (unpaired) electrons. The van der Waals surface area contributed by atoms with Crippen molar-refractivity contribution in [2.75, 3.05) is 11.9 Å². The molecule has 6 nitrogen and oxygen atoms in total. The highest BCUT2D eigenvalue weighted by Crippen LogP contribution is 2.33. The van der Waals surface area contributed by atoms with Crippen LogP contribution < -0.4 is 21.1 Å². The van der Waals surface area contributed by atoms with Gasteiger partial charge in [0.1, 0.15) is 10.8 Å². The molecule has 0 saturated heterocycles. The quantitative estimate of drug-likeness (QED) is 0.484. The van der Waals surface area contributed by atoms with Crippen molar-refractivity contribution in [1.82, 2.24) is 5.32 Å². The van der Waals surface area contributed by atoms with Gasteiger partial charge in [-0.05, 0) is 71.2 Å². The molecule has 2 amide bonds. The third kappa shape index (κ3) is 6.01. The summed E-state index contributed by atoms with van der Waals surface area (Å²) in [6.45, 7) is 8.58. The summed E-state index contributed by atoms with van der Waals surface area (Å²) in [5, 5.41) is 6.19. The third-order valence-corrected chi connectivity index (χ3v) is 5.92. The number of nitrogens with one attached hydrogen (secondary N) is 2. The number of carbonyl (C=O) groups excluding carboxylic acids is 2. The number of benzene rings is 1. The molecule has 156 valence electrons. The van der Waals surface area contributed by atoms with Gasteiger partial charge in [0.15, 0.2) is 5.11 Å². The Balaban J connectivity index is 2.09. The van der Waals surface area contributed by atoms with Crippen LogP contribution in [0.3, 0.4) is 0 Å². The molecular weight excluding hydrogens is 474 g/mol. The second kappa shape index (κ2) is 10.2. The standard InChI is InChI=1S/C20H24BrN3O3S2/c1-5-13-11(4)29-19(16(13)17(22)25)24-20(28)23-18(26)12-6-7-15(14(21)8-12)27-9-10(2)3/h6-8,10H,5,9H2,1-4H3,(H2,22,25)(H2,23,24,26,28). The lowest BCUT2D eigenvalue weighted by Crippen LogP contribution is -2.34. The minimum Gasteiger partial charge on any atom is -0.492 e. The van der Waals surface area contributed by atoms with Gasteiger partial charge in [0.05, 0.1) is 16.6 Å². The molecule has 0 aliphatic carbocycles. The largest absolute Gasteiger partial charge is 0.492 e. The van der Waals surface area contributed by atoms with E-state index >= 15 is 0 Å². The monoisotopic (exact) mass is 497 g/mol. The van der Waals surface area contributed by atoms with Crippen molar-refractivity contribution in [3.8, 4) is 5.75 Å². The Labute approximate surface area is 188 Å². The van der Waals surface area contributed by atoms with E-state index in [9.17, 15) is 9.59 Å². The predicted octanol–water partition coefficient (Wildman–Crippen LogP) is 4.64. The number of rotatable bonds is 7. The van der Waals surface area contributed by atoms with Gasteiger partial charge in [-0.3, -0.25) is 14.9 Å². The van der Waals surface area contributed by atoms with E-state index in [1.807, 2.05) is 13.8 Å². The van der Waals surface area contributed by atoms with Gasteiger partial charge in [0, 0.05) is 10.4 Å². The van der Waals surface area contributed by atoms with Crippen LogP contribution in [0.15, 0.2) is 22.7 Å². The number of thiocarbonyl (C=S) groups is 1. The fourth-order valence-corrected chi connectivity index (χ4v) is 4.59. The number of thiophene rings is 1. The minimum absolute atomic E-state index is 0.0951. The van der Waals surface area contributed by atoms with E-state index in [1.165, 1.54) is 11.3 Å². The Bertz CT molecular complexity index is 941. The first-order chi connectivity index (χ1) is 13.6. The zero-order chi connectivity index (χ0) is 21.7. The Kier molecular flexibility index (Phi) is 8.18. The topological polar surface area (TPSA) is 93.4 Å². The molecule has 0 bridgehead atoms. The predicted molar refractivity (Wildman–Crippen MR) is 125 cm³/mol. The third-order valence-electron chi connectivity index (χ3n) is 4.03. The lowest BCUT2D eigenvalue weighted by Gasteiger charge is -2.12. The molecule has 1 heterocycles. The van der Waals surface area contributed by atoms with E-state index in [2.05, 4.69) is 40.4 Å². The summed E-state index contributed by atoms with van der Waals surface area (Å²) < 4.78 is 6.38. The van der Waals surface area contributed by atoms with Crippen LogP contribution in [0.1, 0.15) is 51.9 Å². The van der Waals surface area contributed by atoms with Crippen molar-refractivity contribution in [2.24, 2.45) is 11.7 Å². The summed E-state index contributed by atoms with van der Waals surface area (Å²) in [7, 11) is 0. The van der Waals surface area contributed by atoms with Crippen molar-refractivity contribution in [3.63, 3.8) is 0 Å². The van der Waals surface area contributed by atoms with Gasteiger partial charge in [0.2, 0.25) is 0 Å². The molecule has 4 N–H and O–H groups in total. The fourth-order valence-electron chi connectivity index (χ4n) is 2.68. The summed E-state index contributed by atoms with van der Waals surface area (Å²) in [4.78, 5) is 25.4. The maximum absolute atomic E-state index is 12.5. The summed E-state index contributed by atoms with van der Waals surface area (Å²) in [6, 6.07) is 5.07. The van der Waals surface area contributed by atoms with E-state index in [-0.39, 0.29) is 11.0 Å². The van der Waals surface area contributed by atoms with Crippen LogP contribution in [0.5, 0.6) is 5.75 Å². The molecule has 9 heteroatoms. The highest BCUT2D eigenvalue weighted by atomic mass is 79.9. The molecule has 2 rings (SSSR count). The number of primary amides is 1. The van der Waals surface area contributed by atoms with Gasteiger partial charge < -0.3 is 15.8 Å². The molecule has 0 unspecified atom stereocenters. The molecule has 29 heavy (non-hydrogen) atoms. The number of anilines is 1. The molecule has 0 spiro atoms. The second-order valence-electron chi connectivity index (χ2n) is 6.82. The molecule has 0 aliphatic rings. The van der Waals surface area contributed by atoms with E-state index in [0.29, 0.717) is 45.3 Å². The number of ether oxygens (including phenoxy) is 1. The summed E-state index contributed by atoms with van der Waals surface area (Å²) in [5.41, 5.74) is 7.25. The Morgan fingerprint density at radius 2 is 2.03 bits per heavy atom. The van der Waals surface area contributed by atoms with Crippen LogP contribution in [0.2, 0.25) is 0 Å². The number of hydrogen-bond donors (Lipinski definition) is 3. The van der Waals surface area contributed by atoms with Crippen LogP contribution in [-0.4, -0.2) is 23.5 Å². The first-order valence-corrected chi connectivity index (χ1v) is 11.1. The smallest absolute Gasteiger partial charge is 0.257 e. The fraction of sp³-hybridized carbons (Fsp3) is 0.350. The molecule has 2 aromatic rings. The van der Waals surface area contributed by atoms with Crippen LogP contribution in [0, 0.1) is 12.8 Å². The Morgan fingerprint density at radius 1 is 1.34 bits per heavy atom. The lowest BCUT2D eigenvalue weighted by atomic mass is 10.1. The average molecular weight is 498 g/mol. The highest BCUT2D eigenvalue weighted by molar-refractivity contribution is 9.10. The molecule has 0 saturated carbocycles. The number of aryl methyl sites for hydroxylation is 1. The molecule has 1 aromatic carbocycles. The van der Waals surface area contributed by atoms with Gasteiger partial charge in [-0.15, -0.1) is 11.3 Å². The average Bonchev–Trinajstić information content (AvgIpc) is 2.95. The summed E-state index contributed by atoms with van der Waals surface area (Å²) in [6.07, 6.45) is 0.681. The summed E-state index contributed by atoms with van der Waals surface area (Å²) >= 11 is 10.1. The molecule has 1 aromatic heterocycles. The van der Waals surface area contributed by atoms with Gasteiger partial charge >= 0.3 is 0 Å². The van der Waals surface area contributed by atoms with Crippen LogP contribution in [-0.2, 0) is 6.42 Å². The van der Waals surface area contributed by atoms with E-state index < -0.39 is 5.91 Å². The first kappa shape index (κ1) is 23.3. The van der Waals surface area contributed by atoms with Gasteiger partial charge in [-0.2, -0.15) is 0 Å². The van der Waals surface area contributed by atoms with Crippen molar-refractivity contribution in [3.05, 3.63) is 44.2 Å². The van der Waals surface area contributed by atoms with E-state index in [0.717, 1.165) is 10.4 Å². The molecule has 0 atom stereocenters. The zero-order valence-electron chi connectivity index (χ0n) is 16.7. The number of amides is 2. The maximum atomic E-state index is 12.5. The zero-order valence-corrected chi connectivity index (χ0v) is 19.9. The van der Waals surface area contributed by atoms with Crippen molar-refractivity contribution in [1.29, 1.82) is 0 Å². The first-order valence-electron chi connectivity index (χ1n) is 9.10. The van der Waals surface area contributed by atoms with E-state index in [4.69, 9.17) is 22.7 Å². The second-order valence-corrected chi connectivity index (χ2v) is 9.30. The lowest BCUT2D eigenvalue weighted by molar-refractivity contribution is 0.0975. The highest BCUT2D eigenvalue weighted by Gasteiger charge is 2.20. The van der Waals surface area contributed by atoms with Crippen LogP contribution in [0.25, 0.3) is 0 Å². The Morgan fingerprint density at radius 3 is 2.59 bits per heavy atom. The molecule has 0 aliphatic heterocycles. The number of carbonyl (C=O) groups is 2. The van der Waals surface area contributed by atoms with Gasteiger partial charge in [-0.25, -0.2) is 0 Å². The van der Waals surface area contributed by atoms with Crippen molar-refractivity contribution in [2.45, 2.75) is 34.1 Å². The number of hydrogen-bond acceptors (Lipinski definition) is 5. The maximum Gasteiger partial charge on any atom is 0.257 e. The Hall–Kier alpha value is -1.97. The van der Waals surface area contributed by atoms with Crippen molar-refractivity contribution < 1.29 is 14.3 Å². The van der Waals surface area contributed by atoms with Crippen LogP contribution >= 0.6 is 39.5 Å². The molecule has 0 fully saturated rings. The number of halogens is 1. The number of nitrogens with two attached hydrogens (primary N) is 1. The SMILES string of the molecule is CCc1c(C)sc(NC(=S)NC(=O)c2ccc(OCC(C)C)c(Br)c2)c1C(N)=O. The van der Waals surface area contributed by atoms with Gasteiger partial charge in [-0.1, -0.05) is 20.8 Å².